The van der Waals surface area contributed by atoms with Crippen LogP contribution in [0.15, 0.2) is 42.5 Å². The third kappa shape index (κ3) is 1.56. The first-order chi connectivity index (χ1) is 6.38. The van der Waals surface area contributed by atoms with Gasteiger partial charge in [0.15, 0.2) is 0 Å². The van der Waals surface area contributed by atoms with Crippen molar-refractivity contribution in [2.75, 3.05) is 12.3 Å². The van der Waals surface area contributed by atoms with E-state index in [1.54, 1.807) is 0 Å². The predicted molar refractivity (Wildman–Crippen MR) is 53.9 cm³/mol. The first-order valence-electron chi connectivity index (χ1n) is 4.22. The Morgan fingerprint density at radius 1 is 1.23 bits per heavy atom. The SMILES string of the molecule is Nc1ccccc1C1=CC=CCO1. The van der Waals surface area contributed by atoms with Gasteiger partial charge in [-0.05, 0) is 24.3 Å². The number of nitrogen functional groups attached to an aromatic ring is 1. The normalized spacial score (nSPS) is 14.9. The Kier molecular flexibility index (Phi) is 2.04. The van der Waals surface area contributed by atoms with Gasteiger partial charge in [-0.3, -0.25) is 0 Å². The number of benzene rings is 1. The molecule has 66 valence electrons. The second-order valence-corrected chi connectivity index (χ2v) is 2.86. The molecule has 1 aliphatic heterocycles. The lowest BCUT2D eigenvalue weighted by Crippen LogP contribution is -1.99. The van der Waals surface area contributed by atoms with Gasteiger partial charge < -0.3 is 10.5 Å². The van der Waals surface area contributed by atoms with Gasteiger partial charge in [-0.2, -0.15) is 0 Å². The van der Waals surface area contributed by atoms with Crippen molar-refractivity contribution >= 4 is 11.4 Å². The Balaban J connectivity index is 2.40. The van der Waals surface area contributed by atoms with Gasteiger partial charge >= 0.3 is 0 Å². The van der Waals surface area contributed by atoms with Crippen LogP contribution in [0.25, 0.3) is 5.76 Å². The molecule has 0 saturated heterocycles. The van der Waals surface area contributed by atoms with Crippen molar-refractivity contribution in [2.24, 2.45) is 0 Å². The van der Waals surface area contributed by atoms with Crippen molar-refractivity contribution in [1.82, 2.24) is 0 Å². The van der Waals surface area contributed by atoms with Crippen molar-refractivity contribution in [3.05, 3.63) is 48.1 Å². The van der Waals surface area contributed by atoms with Crippen LogP contribution in [0.4, 0.5) is 5.69 Å². The first kappa shape index (κ1) is 7.92. The molecule has 0 aliphatic carbocycles. The van der Waals surface area contributed by atoms with E-state index in [0.29, 0.717) is 6.61 Å². The molecule has 0 spiro atoms. The quantitative estimate of drug-likeness (QED) is 0.661. The molecule has 0 atom stereocenters. The standard InChI is InChI=1S/C11H11NO/c12-10-6-2-1-5-9(10)11-7-3-4-8-13-11/h1-7H,8,12H2. The highest BCUT2D eigenvalue weighted by Gasteiger charge is 2.06. The smallest absolute Gasteiger partial charge is 0.129 e. The summed E-state index contributed by atoms with van der Waals surface area (Å²) in [4.78, 5) is 0. The maximum atomic E-state index is 5.81. The summed E-state index contributed by atoms with van der Waals surface area (Å²) in [7, 11) is 0. The van der Waals surface area contributed by atoms with E-state index in [4.69, 9.17) is 10.5 Å². The molecule has 0 fully saturated rings. The van der Waals surface area contributed by atoms with Crippen molar-refractivity contribution in [1.29, 1.82) is 0 Å². The minimum absolute atomic E-state index is 0.625. The summed E-state index contributed by atoms with van der Waals surface area (Å²) < 4.78 is 5.44. The minimum Gasteiger partial charge on any atom is -0.489 e. The highest BCUT2D eigenvalue weighted by molar-refractivity contribution is 5.72. The van der Waals surface area contributed by atoms with Crippen molar-refractivity contribution in [2.45, 2.75) is 0 Å². The summed E-state index contributed by atoms with van der Waals surface area (Å²) in [5.41, 5.74) is 7.52. The van der Waals surface area contributed by atoms with Gasteiger partial charge in [0.2, 0.25) is 0 Å². The van der Waals surface area contributed by atoms with Gasteiger partial charge in [0, 0.05) is 11.3 Å². The van der Waals surface area contributed by atoms with Gasteiger partial charge in [0.25, 0.3) is 0 Å². The van der Waals surface area contributed by atoms with E-state index in [0.717, 1.165) is 17.0 Å². The van der Waals surface area contributed by atoms with Crippen molar-refractivity contribution in [3.8, 4) is 0 Å². The molecule has 0 saturated carbocycles. The average Bonchev–Trinajstić information content (AvgIpc) is 2.20. The zero-order chi connectivity index (χ0) is 9.10. The number of allylic oxidation sites excluding steroid dienone is 2. The Bertz CT molecular complexity index is 366. The number of para-hydroxylation sites is 1. The van der Waals surface area contributed by atoms with Crippen molar-refractivity contribution < 1.29 is 4.74 Å². The van der Waals surface area contributed by atoms with Crippen LogP contribution in [-0.4, -0.2) is 6.61 Å². The fourth-order valence-electron chi connectivity index (χ4n) is 1.29. The summed E-state index contributed by atoms with van der Waals surface area (Å²) >= 11 is 0. The third-order valence-electron chi connectivity index (χ3n) is 1.94. The van der Waals surface area contributed by atoms with Crippen LogP contribution in [0.1, 0.15) is 5.56 Å². The molecule has 1 heterocycles. The highest BCUT2D eigenvalue weighted by atomic mass is 16.5. The molecule has 0 unspecified atom stereocenters. The summed E-state index contributed by atoms with van der Waals surface area (Å²) in [5.74, 6) is 0.848. The summed E-state index contributed by atoms with van der Waals surface area (Å²) in [6, 6.07) is 7.70. The lowest BCUT2D eigenvalue weighted by atomic mass is 10.1. The molecule has 2 nitrogen and oxygen atoms in total. The summed E-state index contributed by atoms with van der Waals surface area (Å²) in [5, 5.41) is 0. The van der Waals surface area contributed by atoms with Crippen LogP contribution in [0.5, 0.6) is 0 Å². The largest absolute Gasteiger partial charge is 0.489 e. The van der Waals surface area contributed by atoms with E-state index in [1.165, 1.54) is 0 Å². The Morgan fingerprint density at radius 3 is 2.77 bits per heavy atom. The van der Waals surface area contributed by atoms with E-state index >= 15 is 0 Å². The van der Waals surface area contributed by atoms with Crippen LogP contribution >= 0.6 is 0 Å². The number of ether oxygens (including phenoxy) is 1. The molecule has 13 heavy (non-hydrogen) atoms. The summed E-state index contributed by atoms with van der Waals surface area (Å²) in [6.07, 6.45) is 5.86. The lowest BCUT2D eigenvalue weighted by molar-refractivity contribution is 0.316. The fourth-order valence-corrected chi connectivity index (χ4v) is 1.29. The maximum Gasteiger partial charge on any atom is 0.129 e. The Hall–Kier alpha value is -1.70. The van der Waals surface area contributed by atoms with Gasteiger partial charge in [0.05, 0.1) is 0 Å². The minimum atomic E-state index is 0.625. The molecule has 1 aromatic carbocycles. The van der Waals surface area contributed by atoms with Crippen LogP contribution in [0.2, 0.25) is 0 Å². The Labute approximate surface area is 77.3 Å². The highest BCUT2D eigenvalue weighted by Crippen LogP contribution is 2.23. The molecule has 0 aromatic heterocycles. The lowest BCUT2D eigenvalue weighted by Gasteiger charge is -2.12. The molecule has 1 aromatic rings. The maximum absolute atomic E-state index is 5.81. The van der Waals surface area contributed by atoms with E-state index in [2.05, 4.69) is 0 Å². The van der Waals surface area contributed by atoms with Crippen molar-refractivity contribution in [3.63, 3.8) is 0 Å². The number of anilines is 1. The second-order valence-electron chi connectivity index (χ2n) is 2.86. The van der Waals surface area contributed by atoms with Gasteiger partial charge in [-0.1, -0.05) is 18.2 Å². The number of hydrogen-bond donors (Lipinski definition) is 1. The molecule has 2 N–H and O–H groups in total. The zero-order valence-corrected chi connectivity index (χ0v) is 7.23. The molecular formula is C11H11NO. The van der Waals surface area contributed by atoms with Gasteiger partial charge in [-0.15, -0.1) is 0 Å². The molecule has 0 amide bonds. The van der Waals surface area contributed by atoms with E-state index in [-0.39, 0.29) is 0 Å². The van der Waals surface area contributed by atoms with Crippen LogP contribution < -0.4 is 5.73 Å². The molecule has 2 heteroatoms. The predicted octanol–water partition coefficient (Wildman–Crippen LogP) is 2.20. The number of hydrogen-bond acceptors (Lipinski definition) is 2. The molecule has 2 rings (SSSR count). The van der Waals surface area contributed by atoms with E-state index in [9.17, 15) is 0 Å². The molecule has 1 aliphatic rings. The zero-order valence-electron chi connectivity index (χ0n) is 7.23. The van der Waals surface area contributed by atoms with Crippen LogP contribution in [-0.2, 0) is 4.74 Å². The average molecular weight is 173 g/mol. The van der Waals surface area contributed by atoms with Crippen LogP contribution in [0, 0.1) is 0 Å². The van der Waals surface area contributed by atoms with E-state index in [1.807, 2.05) is 42.5 Å². The third-order valence-corrected chi connectivity index (χ3v) is 1.94. The van der Waals surface area contributed by atoms with Gasteiger partial charge in [0.1, 0.15) is 12.4 Å². The summed E-state index contributed by atoms with van der Waals surface area (Å²) in [6.45, 7) is 0.625. The second kappa shape index (κ2) is 3.35. The monoisotopic (exact) mass is 173 g/mol. The Morgan fingerprint density at radius 2 is 2.08 bits per heavy atom. The molecule has 0 radical (unpaired) electrons. The topological polar surface area (TPSA) is 35.2 Å². The van der Waals surface area contributed by atoms with Gasteiger partial charge in [-0.25, -0.2) is 0 Å². The van der Waals surface area contributed by atoms with E-state index < -0.39 is 0 Å². The van der Waals surface area contributed by atoms with Crippen LogP contribution in [0.3, 0.4) is 0 Å². The number of nitrogens with two attached hydrogens (primary N) is 1. The molecule has 0 bridgehead atoms. The first-order valence-corrected chi connectivity index (χ1v) is 4.22. The fraction of sp³-hybridized carbons (Fsp3) is 0.0909. The molecular weight excluding hydrogens is 162 g/mol. The number of rotatable bonds is 1.